The number of carboxylic acids is 1. The van der Waals surface area contributed by atoms with Crippen molar-refractivity contribution in [3.63, 3.8) is 0 Å². The Bertz CT molecular complexity index is 436. The first kappa shape index (κ1) is 13.6. The molecule has 1 aromatic rings. The van der Waals surface area contributed by atoms with Gasteiger partial charge in [-0.2, -0.15) is 8.78 Å². The lowest BCUT2D eigenvalue weighted by Crippen LogP contribution is -2.07. The van der Waals surface area contributed by atoms with Gasteiger partial charge in [0, 0.05) is 16.5 Å². The van der Waals surface area contributed by atoms with Gasteiger partial charge in [0.2, 0.25) is 0 Å². The molecular weight excluding hydrogens is 257 g/mol. The zero-order valence-corrected chi connectivity index (χ0v) is 9.22. The number of allylic oxidation sites excluding steroid dienone is 1. The van der Waals surface area contributed by atoms with E-state index < -0.39 is 30.2 Å². The van der Waals surface area contributed by atoms with Crippen molar-refractivity contribution in [1.29, 1.82) is 0 Å². The Hall–Kier alpha value is -1.49. The summed E-state index contributed by atoms with van der Waals surface area (Å²) in [4.78, 5) is 10.5. The largest absolute Gasteiger partial charge is 0.481 e. The second-order valence-electron chi connectivity index (χ2n) is 3.30. The maximum atomic E-state index is 13.4. The summed E-state index contributed by atoms with van der Waals surface area (Å²) in [6.45, 7) is 0. The van der Waals surface area contributed by atoms with Crippen molar-refractivity contribution in [2.24, 2.45) is 0 Å². The van der Waals surface area contributed by atoms with Gasteiger partial charge in [-0.3, -0.25) is 4.79 Å². The van der Waals surface area contributed by atoms with Crippen LogP contribution in [0.4, 0.5) is 13.2 Å². The Balaban J connectivity index is 3.21. The molecule has 0 spiro atoms. The van der Waals surface area contributed by atoms with E-state index in [1.165, 1.54) is 12.1 Å². The van der Waals surface area contributed by atoms with Crippen LogP contribution in [0.25, 0.3) is 0 Å². The second kappa shape index (κ2) is 5.72. The summed E-state index contributed by atoms with van der Waals surface area (Å²) >= 11 is 5.68. The number of aliphatic carboxylic acids is 1. The maximum absolute atomic E-state index is 13.4. The van der Waals surface area contributed by atoms with Crippen molar-refractivity contribution in [3.05, 3.63) is 46.8 Å². The van der Waals surface area contributed by atoms with Crippen molar-refractivity contribution in [3.8, 4) is 0 Å². The number of carboxylic acid groups (broad SMARTS) is 1. The lowest BCUT2D eigenvalue weighted by Gasteiger charge is -2.13. The van der Waals surface area contributed by atoms with Gasteiger partial charge in [0.1, 0.15) is 5.82 Å². The fourth-order valence-corrected chi connectivity index (χ4v) is 1.75. The van der Waals surface area contributed by atoms with Gasteiger partial charge in [0.05, 0.1) is 6.42 Å². The normalized spacial score (nSPS) is 12.0. The minimum atomic E-state index is -2.07. The summed E-state index contributed by atoms with van der Waals surface area (Å²) < 4.78 is 37.8. The summed E-state index contributed by atoms with van der Waals surface area (Å²) in [6, 6.07) is 3.67. The second-order valence-corrected chi connectivity index (χ2v) is 3.70. The van der Waals surface area contributed by atoms with Gasteiger partial charge < -0.3 is 5.11 Å². The zero-order chi connectivity index (χ0) is 13.0. The minimum Gasteiger partial charge on any atom is -0.481 e. The smallest absolute Gasteiger partial charge is 0.304 e. The summed E-state index contributed by atoms with van der Waals surface area (Å²) in [5, 5.41) is 8.52. The van der Waals surface area contributed by atoms with Crippen LogP contribution >= 0.6 is 11.6 Å². The molecule has 17 heavy (non-hydrogen) atoms. The van der Waals surface area contributed by atoms with Crippen LogP contribution in [0.3, 0.4) is 0 Å². The molecule has 1 unspecified atom stereocenters. The Kier molecular flexibility index (Phi) is 4.57. The van der Waals surface area contributed by atoms with Crippen molar-refractivity contribution < 1.29 is 23.1 Å². The molecule has 1 aromatic carbocycles. The average molecular weight is 265 g/mol. The van der Waals surface area contributed by atoms with Gasteiger partial charge in [-0.25, -0.2) is 4.39 Å². The molecule has 0 fully saturated rings. The number of benzene rings is 1. The lowest BCUT2D eigenvalue weighted by atomic mass is 9.95. The third-order valence-electron chi connectivity index (χ3n) is 2.09. The first-order valence-corrected chi connectivity index (χ1v) is 4.98. The maximum Gasteiger partial charge on any atom is 0.304 e. The minimum absolute atomic E-state index is 0.0752. The van der Waals surface area contributed by atoms with Crippen LogP contribution in [0.15, 0.2) is 30.4 Å². The summed E-state index contributed by atoms with van der Waals surface area (Å²) in [6.07, 6.45) is -2.34. The topological polar surface area (TPSA) is 37.3 Å². The van der Waals surface area contributed by atoms with Crippen molar-refractivity contribution in [1.82, 2.24) is 0 Å². The van der Waals surface area contributed by atoms with Crippen LogP contribution in [-0.2, 0) is 4.79 Å². The van der Waals surface area contributed by atoms with E-state index in [0.717, 1.165) is 6.07 Å². The molecule has 0 amide bonds. The standard InChI is InChI=1S/C11H8ClF3O2/c12-7-2-1-3-8(13)11(7)6(4-9(14)15)5-10(16)17/h1-4,6H,5H2,(H,16,17). The zero-order valence-electron chi connectivity index (χ0n) is 8.46. The highest BCUT2D eigenvalue weighted by molar-refractivity contribution is 6.31. The molecule has 0 aliphatic heterocycles. The van der Waals surface area contributed by atoms with Gasteiger partial charge in [-0.05, 0) is 18.2 Å². The Morgan fingerprint density at radius 3 is 2.59 bits per heavy atom. The Labute approximate surface area is 100 Å². The molecule has 0 aromatic heterocycles. The summed E-state index contributed by atoms with van der Waals surface area (Å²) in [5.74, 6) is -3.40. The summed E-state index contributed by atoms with van der Waals surface area (Å²) in [7, 11) is 0. The van der Waals surface area contributed by atoms with Gasteiger partial charge in [0.25, 0.3) is 6.08 Å². The summed E-state index contributed by atoms with van der Waals surface area (Å²) in [5.41, 5.74) is -0.232. The van der Waals surface area contributed by atoms with Crippen molar-refractivity contribution >= 4 is 17.6 Å². The molecule has 0 aliphatic carbocycles. The van der Waals surface area contributed by atoms with E-state index in [1.807, 2.05) is 0 Å². The van der Waals surface area contributed by atoms with Gasteiger partial charge in [-0.15, -0.1) is 0 Å². The molecular formula is C11H8ClF3O2. The molecule has 0 aliphatic rings. The number of hydrogen-bond acceptors (Lipinski definition) is 1. The SMILES string of the molecule is O=C(O)CC(C=C(F)F)c1c(F)cccc1Cl. The quantitative estimate of drug-likeness (QED) is 0.898. The molecule has 0 saturated heterocycles. The first-order chi connectivity index (χ1) is 7.91. The molecule has 0 heterocycles. The van der Waals surface area contributed by atoms with Gasteiger partial charge >= 0.3 is 5.97 Å². The third kappa shape index (κ3) is 3.78. The highest BCUT2D eigenvalue weighted by Gasteiger charge is 2.21. The number of carbonyl (C=O) groups is 1. The van der Waals surface area contributed by atoms with Crippen molar-refractivity contribution in [2.45, 2.75) is 12.3 Å². The van der Waals surface area contributed by atoms with Crippen molar-refractivity contribution in [2.75, 3.05) is 0 Å². The molecule has 92 valence electrons. The van der Waals surface area contributed by atoms with E-state index in [2.05, 4.69) is 0 Å². The number of rotatable bonds is 4. The highest BCUT2D eigenvalue weighted by Crippen LogP contribution is 2.31. The molecule has 0 bridgehead atoms. The lowest BCUT2D eigenvalue weighted by molar-refractivity contribution is -0.137. The monoisotopic (exact) mass is 264 g/mol. The van der Waals surface area contributed by atoms with Crippen LogP contribution in [0.1, 0.15) is 17.9 Å². The molecule has 6 heteroatoms. The van der Waals surface area contributed by atoms with Crippen LogP contribution in [0, 0.1) is 5.82 Å². The number of halogens is 4. The molecule has 2 nitrogen and oxygen atoms in total. The molecule has 1 N–H and O–H groups in total. The predicted octanol–water partition coefficient (Wildman–Crippen LogP) is 3.82. The average Bonchev–Trinajstić information content (AvgIpc) is 2.14. The third-order valence-corrected chi connectivity index (χ3v) is 2.42. The first-order valence-electron chi connectivity index (χ1n) is 4.60. The van der Waals surface area contributed by atoms with Crippen LogP contribution in [0.5, 0.6) is 0 Å². The highest BCUT2D eigenvalue weighted by atomic mass is 35.5. The van der Waals surface area contributed by atoms with E-state index >= 15 is 0 Å². The van der Waals surface area contributed by atoms with E-state index in [1.54, 1.807) is 0 Å². The van der Waals surface area contributed by atoms with E-state index in [-0.39, 0.29) is 10.6 Å². The van der Waals surface area contributed by atoms with E-state index in [9.17, 15) is 18.0 Å². The van der Waals surface area contributed by atoms with Gasteiger partial charge in [-0.1, -0.05) is 17.7 Å². The van der Waals surface area contributed by atoms with Crippen LogP contribution in [-0.4, -0.2) is 11.1 Å². The van der Waals surface area contributed by atoms with Gasteiger partial charge in [0.15, 0.2) is 0 Å². The van der Waals surface area contributed by atoms with E-state index in [0.29, 0.717) is 6.08 Å². The van der Waals surface area contributed by atoms with Crippen LogP contribution < -0.4 is 0 Å². The fraction of sp³-hybridized carbons (Fsp3) is 0.182. The number of hydrogen-bond donors (Lipinski definition) is 1. The molecule has 1 rings (SSSR count). The molecule has 0 radical (unpaired) electrons. The molecule has 0 saturated carbocycles. The predicted molar refractivity (Wildman–Crippen MR) is 56.7 cm³/mol. The van der Waals surface area contributed by atoms with Crippen LogP contribution in [0.2, 0.25) is 5.02 Å². The Morgan fingerprint density at radius 2 is 2.12 bits per heavy atom. The van der Waals surface area contributed by atoms with E-state index in [4.69, 9.17) is 16.7 Å². The fourth-order valence-electron chi connectivity index (χ4n) is 1.45. The Morgan fingerprint density at radius 1 is 1.47 bits per heavy atom. The molecule has 1 atom stereocenters.